The van der Waals surface area contributed by atoms with Gasteiger partial charge in [0.2, 0.25) is 0 Å². The van der Waals surface area contributed by atoms with Crippen LogP contribution < -0.4 is 5.32 Å². The largest absolute Gasteiger partial charge is 0.322 e. The fraction of sp³-hybridized carbons (Fsp3) is 0. The Labute approximate surface area is 141 Å². The van der Waals surface area contributed by atoms with Gasteiger partial charge in [0.15, 0.2) is 0 Å². The number of rotatable bonds is 3. The van der Waals surface area contributed by atoms with Gasteiger partial charge < -0.3 is 5.32 Å². The van der Waals surface area contributed by atoms with Gasteiger partial charge in [-0.1, -0.05) is 0 Å². The van der Waals surface area contributed by atoms with Crippen molar-refractivity contribution in [1.82, 2.24) is 0 Å². The van der Waals surface area contributed by atoms with Gasteiger partial charge in [0.05, 0.1) is 15.0 Å². The molecule has 2 aromatic rings. The number of hydrogen-bond donors (Lipinski definition) is 1. The summed E-state index contributed by atoms with van der Waals surface area (Å²) in [5, 5.41) is 13.4. The Morgan fingerprint density at radius 2 is 2.00 bits per heavy atom. The molecule has 108 valence electrons. The average Bonchev–Trinajstić information content (AvgIpc) is 2.40. The van der Waals surface area contributed by atoms with Gasteiger partial charge in [0.1, 0.15) is 5.82 Å². The number of nitrogens with one attached hydrogen (secondary N) is 1. The van der Waals surface area contributed by atoms with Crippen molar-refractivity contribution in [3.05, 3.63) is 65.9 Å². The van der Waals surface area contributed by atoms with Crippen LogP contribution in [-0.4, -0.2) is 10.8 Å². The summed E-state index contributed by atoms with van der Waals surface area (Å²) in [5.74, 6) is -0.897. The Balaban J connectivity index is 2.27. The third-order valence-corrected chi connectivity index (χ3v) is 4.14. The van der Waals surface area contributed by atoms with Crippen LogP contribution in [0.1, 0.15) is 10.4 Å². The third kappa shape index (κ3) is 3.76. The number of carbonyl (C=O) groups is 1. The Bertz CT molecular complexity index is 739. The van der Waals surface area contributed by atoms with Crippen molar-refractivity contribution in [2.45, 2.75) is 0 Å². The fourth-order valence-corrected chi connectivity index (χ4v) is 2.72. The highest BCUT2D eigenvalue weighted by Gasteiger charge is 2.15. The van der Waals surface area contributed by atoms with E-state index in [0.717, 1.165) is 0 Å². The molecule has 0 atom stereocenters. The molecular formula is C13H7BrFIN2O3. The van der Waals surface area contributed by atoms with E-state index in [1.165, 1.54) is 36.4 Å². The summed E-state index contributed by atoms with van der Waals surface area (Å²) in [7, 11) is 0. The summed E-state index contributed by atoms with van der Waals surface area (Å²) < 4.78 is 13.8. The summed E-state index contributed by atoms with van der Waals surface area (Å²) in [6.07, 6.45) is 0. The van der Waals surface area contributed by atoms with Gasteiger partial charge in [-0.15, -0.1) is 0 Å². The summed E-state index contributed by atoms with van der Waals surface area (Å²) >= 11 is 4.91. The molecule has 0 aromatic heterocycles. The zero-order chi connectivity index (χ0) is 15.6. The van der Waals surface area contributed by atoms with Gasteiger partial charge in [0.25, 0.3) is 11.6 Å². The van der Waals surface area contributed by atoms with Crippen LogP contribution in [0.3, 0.4) is 0 Å². The lowest BCUT2D eigenvalue weighted by Gasteiger charge is -2.07. The van der Waals surface area contributed by atoms with E-state index in [-0.39, 0.29) is 11.4 Å². The van der Waals surface area contributed by atoms with Crippen LogP contribution in [0.15, 0.2) is 40.9 Å². The number of halogens is 3. The van der Waals surface area contributed by atoms with E-state index >= 15 is 0 Å². The minimum atomic E-state index is -0.554. The second kappa shape index (κ2) is 6.48. The van der Waals surface area contributed by atoms with E-state index in [9.17, 15) is 19.3 Å². The van der Waals surface area contributed by atoms with Crippen molar-refractivity contribution in [3.63, 3.8) is 0 Å². The van der Waals surface area contributed by atoms with Crippen LogP contribution in [0.25, 0.3) is 0 Å². The first-order valence-corrected chi connectivity index (χ1v) is 7.46. The normalized spacial score (nSPS) is 10.2. The molecule has 0 aliphatic heterocycles. The second-order valence-electron chi connectivity index (χ2n) is 4.00. The van der Waals surface area contributed by atoms with Crippen LogP contribution in [0, 0.1) is 19.5 Å². The van der Waals surface area contributed by atoms with Crippen molar-refractivity contribution in [2.24, 2.45) is 0 Å². The molecule has 0 saturated heterocycles. The third-order valence-electron chi connectivity index (χ3n) is 2.58. The molecule has 1 N–H and O–H groups in total. The van der Waals surface area contributed by atoms with E-state index in [0.29, 0.717) is 13.6 Å². The first kappa shape index (κ1) is 15.8. The van der Waals surface area contributed by atoms with Gasteiger partial charge in [-0.2, -0.15) is 0 Å². The van der Waals surface area contributed by atoms with Crippen LogP contribution in [0.5, 0.6) is 0 Å². The Hall–Kier alpha value is -1.55. The first-order valence-electron chi connectivity index (χ1n) is 5.59. The topological polar surface area (TPSA) is 72.2 Å². The van der Waals surface area contributed by atoms with Gasteiger partial charge in [0, 0.05) is 15.3 Å². The van der Waals surface area contributed by atoms with Crippen LogP contribution >= 0.6 is 38.5 Å². The molecule has 0 aliphatic rings. The molecule has 0 heterocycles. The number of carbonyl (C=O) groups excluding carboxylic acids is 1. The number of nitro benzene ring substituents is 1. The molecule has 21 heavy (non-hydrogen) atoms. The highest BCUT2D eigenvalue weighted by Crippen LogP contribution is 2.28. The average molecular weight is 465 g/mol. The van der Waals surface area contributed by atoms with E-state index in [1.807, 2.05) is 22.6 Å². The minimum Gasteiger partial charge on any atom is -0.322 e. The molecule has 5 nitrogen and oxygen atoms in total. The SMILES string of the molecule is O=C(Nc1ccc(Br)c([N+](=O)[O-])c1)c1ccc(F)cc1I. The van der Waals surface area contributed by atoms with Gasteiger partial charge in [-0.05, 0) is 68.9 Å². The molecule has 8 heteroatoms. The Kier molecular flexibility index (Phi) is 4.88. The predicted octanol–water partition coefficient (Wildman–Crippen LogP) is 4.35. The van der Waals surface area contributed by atoms with Crippen LogP contribution in [0.4, 0.5) is 15.8 Å². The first-order chi connectivity index (χ1) is 9.88. The molecule has 0 fully saturated rings. The molecule has 0 spiro atoms. The summed E-state index contributed by atoms with van der Waals surface area (Å²) in [6, 6.07) is 8.04. The number of nitrogens with zero attached hydrogens (tertiary/aromatic N) is 1. The maximum atomic E-state index is 13.0. The number of benzene rings is 2. The lowest BCUT2D eigenvalue weighted by Crippen LogP contribution is -2.13. The molecular weight excluding hydrogens is 458 g/mol. The molecule has 0 aliphatic carbocycles. The summed E-state index contributed by atoms with van der Waals surface area (Å²) in [4.78, 5) is 22.4. The van der Waals surface area contributed by atoms with Crippen molar-refractivity contribution in [2.75, 3.05) is 5.32 Å². The number of nitro groups is 1. The van der Waals surface area contributed by atoms with E-state index < -0.39 is 16.6 Å². The smallest absolute Gasteiger partial charge is 0.285 e. The monoisotopic (exact) mass is 464 g/mol. The minimum absolute atomic E-state index is 0.151. The van der Waals surface area contributed by atoms with Crippen molar-refractivity contribution in [3.8, 4) is 0 Å². The molecule has 2 aromatic carbocycles. The maximum Gasteiger partial charge on any atom is 0.285 e. The van der Waals surface area contributed by atoms with Crippen LogP contribution in [0.2, 0.25) is 0 Å². The highest BCUT2D eigenvalue weighted by atomic mass is 127. The number of amides is 1. The van der Waals surface area contributed by atoms with Crippen molar-refractivity contribution < 1.29 is 14.1 Å². The van der Waals surface area contributed by atoms with Gasteiger partial charge in [-0.3, -0.25) is 14.9 Å². The van der Waals surface area contributed by atoms with Crippen LogP contribution in [-0.2, 0) is 0 Å². The lowest BCUT2D eigenvalue weighted by molar-refractivity contribution is -0.385. The highest BCUT2D eigenvalue weighted by molar-refractivity contribution is 14.1. The summed E-state index contributed by atoms with van der Waals surface area (Å²) in [6.45, 7) is 0. The molecule has 0 unspecified atom stereocenters. The van der Waals surface area contributed by atoms with E-state index in [4.69, 9.17) is 0 Å². The predicted molar refractivity (Wildman–Crippen MR) is 87.9 cm³/mol. The molecule has 1 amide bonds. The fourth-order valence-electron chi connectivity index (χ4n) is 1.60. The van der Waals surface area contributed by atoms with Gasteiger partial charge in [-0.25, -0.2) is 4.39 Å². The molecule has 2 rings (SSSR count). The molecule has 0 bridgehead atoms. The zero-order valence-electron chi connectivity index (χ0n) is 10.3. The molecule has 0 saturated carbocycles. The number of anilines is 1. The number of hydrogen-bond acceptors (Lipinski definition) is 3. The standard InChI is InChI=1S/C13H7BrFIN2O3/c14-10-4-2-8(6-12(10)18(20)21)17-13(19)9-3-1-7(15)5-11(9)16/h1-6H,(H,17,19). The Morgan fingerprint density at radius 1 is 1.29 bits per heavy atom. The van der Waals surface area contributed by atoms with E-state index in [1.54, 1.807) is 0 Å². The molecule has 0 radical (unpaired) electrons. The zero-order valence-corrected chi connectivity index (χ0v) is 14.0. The van der Waals surface area contributed by atoms with E-state index in [2.05, 4.69) is 21.2 Å². The summed E-state index contributed by atoms with van der Waals surface area (Å²) in [5.41, 5.74) is 0.430. The quantitative estimate of drug-likeness (QED) is 0.417. The lowest BCUT2D eigenvalue weighted by atomic mass is 10.2. The van der Waals surface area contributed by atoms with Crippen molar-refractivity contribution >= 4 is 55.8 Å². The van der Waals surface area contributed by atoms with Crippen molar-refractivity contribution in [1.29, 1.82) is 0 Å². The second-order valence-corrected chi connectivity index (χ2v) is 6.02. The maximum absolute atomic E-state index is 13.0. The Morgan fingerprint density at radius 3 is 2.62 bits per heavy atom. The van der Waals surface area contributed by atoms with Gasteiger partial charge >= 0.3 is 0 Å².